The molecule has 4 N–H and O–H groups in total. The van der Waals surface area contributed by atoms with E-state index in [1.54, 1.807) is 19.9 Å². The van der Waals surface area contributed by atoms with Gasteiger partial charge >= 0.3 is 0 Å². The van der Waals surface area contributed by atoms with E-state index in [0.29, 0.717) is 5.71 Å². The Morgan fingerprint density at radius 3 is 2.50 bits per heavy atom. The zero-order chi connectivity index (χ0) is 13.6. The monoisotopic (exact) mass is 263 g/mol. The molecule has 1 rings (SSSR count). The Morgan fingerprint density at radius 1 is 1.39 bits per heavy atom. The summed E-state index contributed by atoms with van der Waals surface area (Å²) in [5.74, 6) is 0. The van der Waals surface area contributed by atoms with Gasteiger partial charge < -0.3 is 10.8 Å². The van der Waals surface area contributed by atoms with Crippen LogP contribution in [0.5, 0.6) is 0 Å². The van der Waals surface area contributed by atoms with Gasteiger partial charge in [0, 0.05) is 0 Å². The smallest absolute Gasteiger partial charge is 0.184 e. The number of hydrazone groups is 1. The lowest BCUT2D eigenvalue weighted by Gasteiger charge is -2.17. The molecule has 0 atom stereocenters. The van der Waals surface area contributed by atoms with Crippen molar-refractivity contribution in [3.63, 3.8) is 0 Å². The number of hydrogen-bond donors (Lipinski definition) is 3. The maximum atomic E-state index is 9.96. The average Bonchev–Trinajstić information content (AvgIpc) is 2.28. The van der Waals surface area contributed by atoms with Gasteiger partial charge in [-0.2, -0.15) is 5.10 Å². The highest BCUT2D eigenvalue weighted by Gasteiger charge is 2.19. The number of nitrogens with one attached hydrogen (secondary N) is 1. The number of aliphatic hydroxyl groups is 1. The fourth-order valence-corrected chi connectivity index (χ4v) is 1.28. The van der Waals surface area contributed by atoms with Gasteiger partial charge in [-0.25, -0.2) is 0 Å². The van der Waals surface area contributed by atoms with Gasteiger partial charge in [0.1, 0.15) is 5.60 Å². The third-order valence-electron chi connectivity index (χ3n) is 2.15. The van der Waals surface area contributed by atoms with E-state index in [2.05, 4.69) is 22.7 Å². The van der Waals surface area contributed by atoms with Crippen LogP contribution in [-0.4, -0.2) is 21.5 Å². The number of nitrogens with two attached hydrogens (primary N) is 1. The van der Waals surface area contributed by atoms with E-state index in [4.69, 9.17) is 5.73 Å². The molecule has 0 saturated heterocycles. The van der Waals surface area contributed by atoms with Gasteiger partial charge in [0.25, 0.3) is 0 Å². The topological polar surface area (TPSA) is 70.6 Å². The molecule has 4 nitrogen and oxygen atoms in total. The summed E-state index contributed by atoms with van der Waals surface area (Å²) in [4.78, 5) is 0. The SMILES string of the molecule is CC(C)(O)C(/C=C/c1ccccc1)=N/NC(N)=S. The van der Waals surface area contributed by atoms with Gasteiger partial charge in [-0.05, 0) is 37.7 Å². The Kier molecular flexibility index (Phi) is 5.00. The minimum absolute atomic E-state index is 0.0601. The quantitative estimate of drug-likeness (QED) is 0.439. The van der Waals surface area contributed by atoms with Gasteiger partial charge in [0.05, 0.1) is 5.71 Å². The largest absolute Gasteiger partial charge is 0.384 e. The third-order valence-corrected chi connectivity index (χ3v) is 2.24. The summed E-state index contributed by atoms with van der Waals surface area (Å²) in [5, 5.41) is 14.0. The molecule has 0 aliphatic rings. The van der Waals surface area contributed by atoms with Gasteiger partial charge in [-0.1, -0.05) is 36.4 Å². The Hall–Kier alpha value is -1.72. The predicted molar refractivity (Wildman–Crippen MR) is 79.1 cm³/mol. The van der Waals surface area contributed by atoms with Crippen LogP contribution >= 0.6 is 12.2 Å². The first-order chi connectivity index (χ1) is 8.39. The predicted octanol–water partition coefficient (Wildman–Crippen LogP) is 1.66. The molecule has 0 saturated carbocycles. The van der Waals surface area contributed by atoms with E-state index >= 15 is 0 Å². The Labute approximate surface area is 112 Å². The first kappa shape index (κ1) is 14.3. The van der Waals surface area contributed by atoms with E-state index in [0.717, 1.165) is 5.56 Å². The van der Waals surface area contributed by atoms with Crippen molar-refractivity contribution in [3.8, 4) is 0 Å². The second kappa shape index (κ2) is 6.28. The molecule has 96 valence electrons. The molecule has 18 heavy (non-hydrogen) atoms. The lowest BCUT2D eigenvalue weighted by Crippen LogP contribution is -2.34. The van der Waals surface area contributed by atoms with E-state index in [1.165, 1.54) is 0 Å². The summed E-state index contributed by atoms with van der Waals surface area (Å²) < 4.78 is 0. The van der Waals surface area contributed by atoms with Crippen molar-refractivity contribution in [1.82, 2.24) is 5.43 Å². The lowest BCUT2D eigenvalue weighted by atomic mass is 10.0. The second-order valence-electron chi connectivity index (χ2n) is 4.28. The van der Waals surface area contributed by atoms with Crippen molar-refractivity contribution in [3.05, 3.63) is 42.0 Å². The normalized spacial score (nSPS) is 12.7. The molecule has 0 bridgehead atoms. The van der Waals surface area contributed by atoms with Crippen LogP contribution in [0.1, 0.15) is 19.4 Å². The highest BCUT2D eigenvalue weighted by atomic mass is 32.1. The van der Waals surface area contributed by atoms with Crippen LogP contribution in [0.2, 0.25) is 0 Å². The molecule has 0 radical (unpaired) electrons. The summed E-state index contributed by atoms with van der Waals surface area (Å²) in [6.07, 6.45) is 3.58. The lowest BCUT2D eigenvalue weighted by molar-refractivity contribution is 0.154. The maximum Gasteiger partial charge on any atom is 0.184 e. The molecule has 0 spiro atoms. The molecule has 0 aromatic heterocycles. The van der Waals surface area contributed by atoms with E-state index in [-0.39, 0.29) is 5.11 Å². The molecule has 0 aliphatic carbocycles. The molecule has 0 unspecified atom stereocenters. The fourth-order valence-electron chi connectivity index (χ4n) is 1.23. The van der Waals surface area contributed by atoms with Gasteiger partial charge in [0.2, 0.25) is 0 Å². The van der Waals surface area contributed by atoms with Crippen LogP contribution in [0, 0.1) is 0 Å². The molecule has 0 amide bonds. The standard InChI is InChI=1S/C13H17N3OS/c1-13(2,17)11(15-16-12(14)18)9-8-10-6-4-3-5-7-10/h3-9,17H,1-2H3,(H3,14,16,18)/b9-8+,15-11+. The van der Waals surface area contributed by atoms with Crippen molar-refractivity contribution >= 4 is 29.1 Å². The van der Waals surface area contributed by atoms with Crippen LogP contribution in [0.25, 0.3) is 6.08 Å². The number of thiocarbonyl (C=S) groups is 1. The second-order valence-corrected chi connectivity index (χ2v) is 4.72. The molecule has 0 aliphatic heterocycles. The van der Waals surface area contributed by atoms with Gasteiger partial charge in [-0.3, -0.25) is 5.43 Å². The van der Waals surface area contributed by atoms with E-state index in [9.17, 15) is 5.11 Å². The summed E-state index contributed by atoms with van der Waals surface area (Å²) in [5.41, 5.74) is 8.15. The van der Waals surface area contributed by atoms with E-state index < -0.39 is 5.60 Å². The molecule has 5 heteroatoms. The van der Waals surface area contributed by atoms with E-state index in [1.807, 2.05) is 36.4 Å². The summed E-state index contributed by atoms with van der Waals surface area (Å²) in [6.45, 7) is 3.28. The van der Waals surface area contributed by atoms with Crippen molar-refractivity contribution in [2.24, 2.45) is 10.8 Å². The Balaban J connectivity index is 2.89. The third kappa shape index (κ3) is 5.07. The number of nitrogens with zero attached hydrogens (tertiary/aromatic N) is 1. The van der Waals surface area contributed by atoms with Crippen molar-refractivity contribution in [1.29, 1.82) is 0 Å². The van der Waals surface area contributed by atoms with Gasteiger partial charge in [-0.15, -0.1) is 0 Å². The zero-order valence-electron chi connectivity index (χ0n) is 10.4. The summed E-state index contributed by atoms with van der Waals surface area (Å²) in [7, 11) is 0. The fraction of sp³-hybridized carbons (Fsp3) is 0.231. The molecule has 0 fully saturated rings. The van der Waals surface area contributed by atoms with Crippen LogP contribution in [0.15, 0.2) is 41.5 Å². The summed E-state index contributed by atoms with van der Waals surface area (Å²) >= 11 is 4.67. The minimum atomic E-state index is -1.08. The van der Waals surface area contributed by atoms with Crippen molar-refractivity contribution < 1.29 is 5.11 Å². The maximum absolute atomic E-state index is 9.96. The molecular formula is C13H17N3OS. The number of hydrogen-bond acceptors (Lipinski definition) is 3. The molecule has 1 aromatic carbocycles. The summed E-state index contributed by atoms with van der Waals surface area (Å²) in [6, 6.07) is 9.73. The Bertz CT molecular complexity index is 461. The average molecular weight is 263 g/mol. The number of rotatable bonds is 4. The molecule has 0 heterocycles. The van der Waals surface area contributed by atoms with Gasteiger partial charge in [0.15, 0.2) is 5.11 Å². The van der Waals surface area contributed by atoms with Crippen LogP contribution in [-0.2, 0) is 0 Å². The van der Waals surface area contributed by atoms with Crippen LogP contribution < -0.4 is 11.2 Å². The van der Waals surface area contributed by atoms with Crippen LogP contribution in [0.3, 0.4) is 0 Å². The van der Waals surface area contributed by atoms with Crippen molar-refractivity contribution in [2.75, 3.05) is 0 Å². The molecular weight excluding hydrogens is 246 g/mol. The first-order valence-corrected chi connectivity index (χ1v) is 5.89. The minimum Gasteiger partial charge on any atom is -0.384 e. The van der Waals surface area contributed by atoms with Crippen LogP contribution in [0.4, 0.5) is 0 Å². The number of benzene rings is 1. The highest BCUT2D eigenvalue weighted by molar-refractivity contribution is 7.80. The highest BCUT2D eigenvalue weighted by Crippen LogP contribution is 2.08. The molecule has 1 aromatic rings. The Morgan fingerprint density at radius 2 is 2.00 bits per heavy atom. The first-order valence-electron chi connectivity index (χ1n) is 5.48. The zero-order valence-corrected chi connectivity index (χ0v) is 11.2. The van der Waals surface area contributed by atoms with Crippen molar-refractivity contribution in [2.45, 2.75) is 19.4 Å².